The second-order valence-corrected chi connectivity index (χ2v) is 10.9. The molecule has 1 aromatic carbocycles. The molecule has 34 heavy (non-hydrogen) atoms. The second-order valence-electron chi connectivity index (χ2n) is 10.9. The van der Waals surface area contributed by atoms with Crippen molar-refractivity contribution in [3.63, 3.8) is 0 Å². The summed E-state index contributed by atoms with van der Waals surface area (Å²) in [5.74, 6) is -0.742. The number of carbonyl (C=O) groups is 1. The van der Waals surface area contributed by atoms with Gasteiger partial charge in [-0.3, -0.25) is 0 Å². The molecule has 4 aliphatic rings. The van der Waals surface area contributed by atoms with Crippen molar-refractivity contribution >= 4 is 6.03 Å². The van der Waals surface area contributed by atoms with E-state index in [1.807, 2.05) is 11.0 Å². The van der Waals surface area contributed by atoms with Crippen LogP contribution in [-0.2, 0) is 10.2 Å². The Morgan fingerprint density at radius 3 is 2.65 bits per heavy atom. The van der Waals surface area contributed by atoms with Gasteiger partial charge in [-0.2, -0.15) is 10.2 Å². The fraction of sp³-hybridized carbons (Fsp3) is 0.577. The maximum Gasteiger partial charge on any atom is 0.317 e. The average Bonchev–Trinajstić information content (AvgIpc) is 3.17. The lowest BCUT2D eigenvalue weighted by Crippen LogP contribution is -2.57. The van der Waals surface area contributed by atoms with Crippen LogP contribution in [0.3, 0.4) is 0 Å². The standard InChI is InChI=1S/C26H30F2N4O2/c1-25(2)18-8-9-26(25,15-5-4-10-32(12-15)24(33)29-16-13-34-14-16)23-17(18)11-21(30-31-23)22-19(27)6-3-7-20(22)28/h3,6-7,11,15-16,18H,4-5,8-10,12-14H2,1-2H3,(H,29,33)/t15-,18-,26-/m0/s1. The maximum atomic E-state index is 14.5. The van der Waals surface area contributed by atoms with Crippen LogP contribution in [0.15, 0.2) is 24.3 Å². The number of hydrogen-bond donors (Lipinski definition) is 1. The van der Waals surface area contributed by atoms with Crippen molar-refractivity contribution in [1.82, 2.24) is 20.4 Å². The van der Waals surface area contributed by atoms with E-state index in [9.17, 15) is 13.6 Å². The topological polar surface area (TPSA) is 67.4 Å². The predicted octanol–water partition coefficient (Wildman–Crippen LogP) is 4.40. The first kappa shape index (κ1) is 21.9. The third-order valence-corrected chi connectivity index (χ3v) is 9.06. The van der Waals surface area contributed by atoms with Crippen molar-refractivity contribution in [3.8, 4) is 11.3 Å². The Kier molecular flexibility index (Phi) is 4.96. The van der Waals surface area contributed by atoms with Crippen molar-refractivity contribution in [2.75, 3.05) is 26.3 Å². The number of urea groups is 1. The molecule has 0 unspecified atom stereocenters. The molecular formula is C26H30F2N4O2. The van der Waals surface area contributed by atoms with E-state index < -0.39 is 11.6 Å². The van der Waals surface area contributed by atoms with Gasteiger partial charge in [-0.1, -0.05) is 19.9 Å². The van der Waals surface area contributed by atoms with Gasteiger partial charge in [0.2, 0.25) is 0 Å². The van der Waals surface area contributed by atoms with Gasteiger partial charge in [0.25, 0.3) is 0 Å². The quantitative estimate of drug-likeness (QED) is 0.725. The lowest BCUT2D eigenvalue weighted by Gasteiger charge is -2.48. The minimum atomic E-state index is -0.628. The number of nitrogens with zero attached hydrogens (tertiary/aromatic N) is 3. The lowest BCUT2D eigenvalue weighted by atomic mass is 9.59. The van der Waals surface area contributed by atoms with E-state index >= 15 is 0 Å². The zero-order chi connectivity index (χ0) is 23.7. The van der Waals surface area contributed by atoms with Crippen molar-refractivity contribution in [2.24, 2.45) is 11.3 Å². The zero-order valence-corrected chi connectivity index (χ0v) is 19.6. The monoisotopic (exact) mass is 468 g/mol. The maximum absolute atomic E-state index is 14.5. The van der Waals surface area contributed by atoms with Gasteiger partial charge in [-0.05, 0) is 66.7 Å². The number of carbonyl (C=O) groups excluding carboxylic acids is 1. The van der Waals surface area contributed by atoms with Crippen LogP contribution in [0, 0.1) is 23.0 Å². The fourth-order valence-corrected chi connectivity index (χ4v) is 7.29. The van der Waals surface area contributed by atoms with E-state index in [2.05, 4.69) is 29.4 Å². The number of fused-ring (bicyclic) bond motifs is 5. The van der Waals surface area contributed by atoms with Crippen LogP contribution in [0.5, 0.6) is 0 Å². The number of hydrogen-bond acceptors (Lipinski definition) is 4. The molecule has 1 aromatic heterocycles. The Morgan fingerprint density at radius 2 is 1.94 bits per heavy atom. The molecule has 2 aromatic rings. The molecule has 2 amide bonds. The summed E-state index contributed by atoms with van der Waals surface area (Å²) in [6.07, 6.45) is 3.98. The SMILES string of the molecule is CC1(C)[C@H]2CC[C@]1([C@H]1CCCN(C(=O)NC3COC3)C1)c1nnc(-c3c(F)cccc3F)cc12. The summed E-state index contributed by atoms with van der Waals surface area (Å²) in [6.45, 7) is 7.17. The van der Waals surface area contributed by atoms with Crippen LogP contribution in [0.1, 0.15) is 56.7 Å². The number of aromatic nitrogens is 2. The van der Waals surface area contributed by atoms with E-state index in [0.717, 1.165) is 43.5 Å². The highest BCUT2D eigenvalue weighted by Crippen LogP contribution is 2.70. The minimum absolute atomic E-state index is 0.0172. The van der Waals surface area contributed by atoms with Gasteiger partial charge in [0, 0.05) is 18.5 Å². The molecule has 180 valence electrons. The first-order valence-corrected chi connectivity index (χ1v) is 12.3. The van der Waals surface area contributed by atoms with Gasteiger partial charge in [0.15, 0.2) is 0 Å². The molecule has 3 heterocycles. The molecule has 0 radical (unpaired) electrons. The number of amides is 2. The van der Waals surface area contributed by atoms with Crippen LogP contribution in [-0.4, -0.2) is 53.5 Å². The predicted molar refractivity (Wildman–Crippen MR) is 122 cm³/mol. The zero-order valence-electron chi connectivity index (χ0n) is 19.6. The van der Waals surface area contributed by atoms with E-state index in [1.54, 1.807) is 0 Å². The first-order chi connectivity index (χ1) is 16.3. The van der Waals surface area contributed by atoms with E-state index in [4.69, 9.17) is 4.74 Å². The molecule has 3 atom stereocenters. The molecule has 2 saturated heterocycles. The average molecular weight is 469 g/mol. The smallest absolute Gasteiger partial charge is 0.317 e. The molecule has 1 N–H and O–H groups in total. The molecule has 2 bridgehead atoms. The first-order valence-electron chi connectivity index (χ1n) is 12.3. The van der Waals surface area contributed by atoms with Gasteiger partial charge < -0.3 is 15.0 Å². The van der Waals surface area contributed by atoms with Gasteiger partial charge >= 0.3 is 6.03 Å². The Balaban J connectivity index is 1.35. The summed E-state index contributed by atoms with van der Waals surface area (Å²) in [5.41, 5.74) is 1.88. The number of piperidine rings is 1. The molecule has 3 fully saturated rings. The summed E-state index contributed by atoms with van der Waals surface area (Å²) < 4.78 is 34.1. The van der Waals surface area contributed by atoms with Crippen molar-refractivity contribution in [3.05, 3.63) is 47.2 Å². The normalized spacial score (nSPS) is 29.6. The summed E-state index contributed by atoms with van der Waals surface area (Å²) in [7, 11) is 0. The Morgan fingerprint density at radius 1 is 1.18 bits per heavy atom. The van der Waals surface area contributed by atoms with E-state index in [-0.39, 0.29) is 46.0 Å². The van der Waals surface area contributed by atoms with E-state index in [1.165, 1.54) is 18.2 Å². The number of rotatable bonds is 3. The van der Waals surface area contributed by atoms with Crippen LogP contribution in [0.2, 0.25) is 0 Å². The highest BCUT2D eigenvalue weighted by atomic mass is 19.1. The number of ether oxygens (including phenoxy) is 1. The number of likely N-dealkylation sites (tertiary alicyclic amines) is 1. The third kappa shape index (κ3) is 2.96. The molecule has 1 saturated carbocycles. The largest absolute Gasteiger partial charge is 0.377 e. The molecule has 2 aliphatic heterocycles. The summed E-state index contributed by atoms with van der Waals surface area (Å²) in [4.78, 5) is 14.8. The second kappa shape index (κ2) is 7.70. The van der Waals surface area contributed by atoms with Crippen molar-refractivity contribution in [1.29, 1.82) is 0 Å². The molecular weight excluding hydrogens is 438 g/mol. The van der Waals surface area contributed by atoms with E-state index in [0.29, 0.717) is 19.8 Å². The molecule has 8 heteroatoms. The van der Waals surface area contributed by atoms with Gasteiger partial charge in [-0.25, -0.2) is 13.6 Å². The number of benzene rings is 1. The highest BCUT2D eigenvalue weighted by molar-refractivity contribution is 5.75. The summed E-state index contributed by atoms with van der Waals surface area (Å²) in [5, 5.41) is 12.1. The lowest BCUT2D eigenvalue weighted by molar-refractivity contribution is -0.00402. The minimum Gasteiger partial charge on any atom is -0.377 e. The summed E-state index contributed by atoms with van der Waals surface area (Å²) >= 11 is 0. The van der Waals surface area contributed by atoms with Crippen molar-refractivity contribution in [2.45, 2.75) is 56.9 Å². The Bertz CT molecular complexity index is 1130. The third-order valence-electron chi connectivity index (χ3n) is 9.06. The Labute approximate surface area is 198 Å². The van der Waals surface area contributed by atoms with Crippen molar-refractivity contribution < 1.29 is 18.3 Å². The fourth-order valence-electron chi connectivity index (χ4n) is 7.29. The molecule has 2 aliphatic carbocycles. The molecule has 0 spiro atoms. The Hall–Kier alpha value is -2.61. The van der Waals surface area contributed by atoms with Crippen LogP contribution < -0.4 is 5.32 Å². The number of nitrogens with one attached hydrogen (secondary N) is 1. The number of halogens is 2. The summed E-state index contributed by atoms with van der Waals surface area (Å²) in [6, 6.07) is 5.81. The van der Waals surface area contributed by atoms with Gasteiger partial charge in [0.1, 0.15) is 11.6 Å². The molecule has 6 rings (SSSR count). The highest BCUT2D eigenvalue weighted by Gasteiger charge is 2.66. The van der Waals surface area contributed by atoms with Gasteiger partial charge in [0.05, 0.1) is 36.2 Å². The van der Waals surface area contributed by atoms with Crippen LogP contribution in [0.25, 0.3) is 11.3 Å². The van der Waals surface area contributed by atoms with Gasteiger partial charge in [-0.15, -0.1) is 0 Å². The van der Waals surface area contributed by atoms with Crippen LogP contribution >= 0.6 is 0 Å². The molecule has 6 nitrogen and oxygen atoms in total. The van der Waals surface area contributed by atoms with Crippen LogP contribution in [0.4, 0.5) is 13.6 Å².